The normalized spacial score (nSPS) is 12.8. The van der Waals surface area contributed by atoms with E-state index in [2.05, 4.69) is 10.2 Å². The second-order valence-electron chi connectivity index (χ2n) is 5.09. The Bertz CT molecular complexity index is 901. The summed E-state index contributed by atoms with van der Waals surface area (Å²) in [6.45, 7) is 0. The molecule has 6 heteroatoms. The van der Waals surface area contributed by atoms with Crippen molar-refractivity contribution >= 4 is 5.97 Å². The number of rotatable bonds is 3. The van der Waals surface area contributed by atoms with E-state index in [0.29, 0.717) is 35.3 Å². The fraction of sp³-hybridized carbons (Fsp3) is 0.118. The second kappa shape index (κ2) is 5.24. The molecule has 1 aliphatic heterocycles. The molecule has 1 aliphatic rings. The Labute approximate surface area is 131 Å². The van der Waals surface area contributed by atoms with E-state index >= 15 is 0 Å². The zero-order chi connectivity index (χ0) is 15.8. The highest BCUT2D eigenvalue weighted by Crippen LogP contribution is 2.33. The monoisotopic (exact) mass is 308 g/mol. The van der Waals surface area contributed by atoms with Gasteiger partial charge in [0.2, 0.25) is 5.89 Å². The number of fused-ring (bicyclic) bond motifs is 1. The molecule has 23 heavy (non-hydrogen) atoms. The minimum absolute atomic E-state index is 0.252. The molecule has 6 nitrogen and oxygen atoms in total. The van der Waals surface area contributed by atoms with E-state index in [-0.39, 0.29) is 5.97 Å². The van der Waals surface area contributed by atoms with Gasteiger partial charge in [-0.3, -0.25) is 4.79 Å². The summed E-state index contributed by atoms with van der Waals surface area (Å²) in [5.41, 5.74) is 2.29. The maximum absolute atomic E-state index is 11.3. The molecular weight excluding hydrogens is 296 g/mol. The number of ether oxygens (including phenoxy) is 2. The highest BCUT2D eigenvalue weighted by atomic mass is 16.5. The number of carbonyl (C=O) groups excluding carboxylic acids is 1. The van der Waals surface area contributed by atoms with Gasteiger partial charge in [-0.15, -0.1) is 10.2 Å². The first-order valence-electron chi connectivity index (χ1n) is 7.05. The van der Waals surface area contributed by atoms with Crippen molar-refractivity contribution in [3.8, 4) is 34.4 Å². The van der Waals surface area contributed by atoms with Crippen molar-refractivity contribution in [1.82, 2.24) is 10.2 Å². The van der Waals surface area contributed by atoms with Crippen LogP contribution in [0.25, 0.3) is 22.9 Å². The molecule has 0 spiro atoms. The molecule has 114 valence electrons. The van der Waals surface area contributed by atoms with Crippen molar-refractivity contribution in [3.63, 3.8) is 0 Å². The summed E-state index contributed by atoms with van der Waals surface area (Å²) < 4.78 is 16.2. The molecule has 0 atom stereocenters. The van der Waals surface area contributed by atoms with Gasteiger partial charge in [0.1, 0.15) is 11.5 Å². The molecule has 0 saturated heterocycles. The van der Waals surface area contributed by atoms with Gasteiger partial charge in [0.15, 0.2) is 0 Å². The summed E-state index contributed by atoms with van der Waals surface area (Å²) >= 11 is 0. The number of para-hydroxylation sites is 1. The fourth-order valence-electron chi connectivity index (χ4n) is 2.51. The van der Waals surface area contributed by atoms with Crippen LogP contribution < -0.4 is 9.47 Å². The minimum atomic E-state index is -0.252. The van der Waals surface area contributed by atoms with Gasteiger partial charge in [-0.2, -0.15) is 0 Å². The quantitative estimate of drug-likeness (QED) is 0.547. The van der Waals surface area contributed by atoms with Crippen LogP contribution in [0.2, 0.25) is 0 Å². The van der Waals surface area contributed by atoms with Crippen molar-refractivity contribution in [2.24, 2.45) is 0 Å². The van der Waals surface area contributed by atoms with Gasteiger partial charge in [-0.05, 0) is 24.3 Å². The van der Waals surface area contributed by atoms with Gasteiger partial charge >= 0.3 is 5.97 Å². The van der Waals surface area contributed by atoms with E-state index in [1.165, 1.54) is 0 Å². The molecule has 2 heterocycles. The van der Waals surface area contributed by atoms with Crippen LogP contribution in [0, 0.1) is 0 Å². The summed E-state index contributed by atoms with van der Waals surface area (Å²) in [4.78, 5) is 11.3. The molecule has 1 aromatic heterocycles. The number of hydrogen-bond donors (Lipinski definition) is 0. The molecule has 0 fully saturated rings. The second-order valence-corrected chi connectivity index (χ2v) is 5.09. The number of esters is 1. The Hall–Kier alpha value is -3.15. The number of hydrogen-bond acceptors (Lipinski definition) is 6. The summed E-state index contributed by atoms with van der Waals surface area (Å²) in [6, 6.07) is 12.8. The fourth-order valence-corrected chi connectivity index (χ4v) is 2.51. The van der Waals surface area contributed by atoms with Gasteiger partial charge in [0, 0.05) is 11.1 Å². The molecule has 0 aliphatic carbocycles. The highest BCUT2D eigenvalue weighted by Gasteiger charge is 2.22. The topological polar surface area (TPSA) is 74.5 Å². The molecule has 0 saturated carbocycles. The number of benzene rings is 2. The molecule has 0 amide bonds. The van der Waals surface area contributed by atoms with E-state index in [1.54, 1.807) is 13.2 Å². The van der Waals surface area contributed by atoms with Crippen LogP contribution in [0.4, 0.5) is 0 Å². The molecule has 0 bridgehead atoms. The van der Waals surface area contributed by atoms with Crippen molar-refractivity contribution in [3.05, 3.63) is 48.0 Å². The first kappa shape index (κ1) is 13.5. The van der Waals surface area contributed by atoms with E-state index < -0.39 is 0 Å². The summed E-state index contributed by atoms with van der Waals surface area (Å²) in [5, 5.41) is 8.15. The Morgan fingerprint density at radius 3 is 2.78 bits per heavy atom. The van der Waals surface area contributed by atoms with Crippen molar-refractivity contribution in [2.75, 3.05) is 7.11 Å². The van der Waals surface area contributed by atoms with Gasteiger partial charge in [-0.1, -0.05) is 18.2 Å². The van der Waals surface area contributed by atoms with E-state index in [9.17, 15) is 4.79 Å². The number of carbonyl (C=O) groups is 1. The van der Waals surface area contributed by atoms with Gasteiger partial charge in [0.05, 0.1) is 19.1 Å². The summed E-state index contributed by atoms with van der Waals surface area (Å²) in [6.07, 6.45) is 0.298. The summed E-state index contributed by atoms with van der Waals surface area (Å²) in [7, 11) is 1.59. The highest BCUT2D eigenvalue weighted by molar-refractivity contribution is 5.82. The Morgan fingerprint density at radius 1 is 1.09 bits per heavy atom. The number of methoxy groups -OCH3 is 1. The molecule has 4 rings (SSSR count). The van der Waals surface area contributed by atoms with E-state index in [0.717, 1.165) is 11.1 Å². The molecule has 0 radical (unpaired) electrons. The maximum Gasteiger partial charge on any atom is 0.315 e. The van der Waals surface area contributed by atoms with Gasteiger partial charge < -0.3 is 13.9 Å². The average molecular weight is 308 g/mol. The van der Waals surface area contributed by atoms with Crippen LogP contribution in [0.3, 0.4) is 0 Å². The predicted molar refractivity (Wildman–Crippen MR) is 81.1 cm³/mol. The largest absolute Gasteiger partial charge is 0.496 e. The first-order chi connectivity index (χ1) is 11.2. The van der Waals surface area contributed by atoms with Crippen molar-refractivity contribution in [2.45, 2.75) is 6.42 Å². The maximum atomic E-state index is 11.3. The standard InChI is InChI=1S/C17H12N2O4/c1-21-13-5-3-2-4-12(13)17-19-18-16(23-17)11-7-6-10-9-15(20)22-14(10)8-11/h2-8H,9H2,1H3. The van der Waals surface area contributed by atoms with Crippen LogP contribution in [0.15, 0.2) is 46.9 Å². The average Bonchev–Trinajstić information content (AvgIpc) is 3.19. The molecule has 0 unspecified atom stereocenters. The lowest BCUT2D eigenvalue weighted by Gasteiger charge is -2.03. The lowest BCUT2D eigenvalue weighted by molar-refractivity contribution is -0.131. The Kier molecular flexibility index (Phi) is 3.08. The zero-order valence-corrected chi connectivity index (χ0v) is 12.3. The number of aromatic nitrogens is 2. The Balaban J connectivity index is 1.71. The molecule has 3 aromatic rings. The number of nitrogens with zero attached hydrogens (tertiary/aromatic N) is 2. The van der Waals surface area contributed by atoms with Crippen LogP contribution in [0.5, 0.6) is 11.5 Å². The Morgan fingerprint density at radius 2 is 1.91 bits per heavy atom. The van der Waals surface area contributed by atoms with Gasteiger partial charge in [0.25, 0.3) is 5.89 Å². The van der Waals surface area contributed by atoms with Gasteiger partial charge in [-0.25, -0.2) is 0 Å². The lowest BCUT2D eigenvalue weighted by atomic mass is 10.1. The smallest absolute Gasteiger partial charge is 0.315 e. The SMILES string of the molecule is COc1ccccc1-c1nnc(-c2ccc3c(c2)OC(=O)C3)o1. The molecule has 2 aromatic carbocycles. The lowest BCUT2D eigenvalue weighted by Crippen LogP contribution is -2.00. The predicted octanol–water partition coefficient (Wildman–Crippen LogP) is 2.87. The zero-order valence-electron chi connectivity index (χ0n) is 12.3. The van der Waals surface area contributed by atoms with Crippen molar-refractivity contribution in [1.29, 1.82) is 0 Å². The van der Waals surface area contributed by atoms with Crippen molar-refractivity contribution < 1.29 is 18.7 Å². The first-order valence-corrected chi connectivity index (χ1v) is 7.05. The van der Waals surface area contributed by atoms with Crippen LogP contribution in [-0.2, 0) is 11.2 Å². The third-order valence-corrected chi connectivity index (χ3v) is 3.64. The molecule has 0 N–H and O–H groups in total. The molecular formula is C17H12N2O4. The third kappa shape index (κ3) is 2.34. The third-order valence-electron chi connectivity index (χ3n) is 3.64. The van der Waals surface area contributed by atoms with Crippen LogP contribution >= 0.6 is 0 Å². The van der Waals surface area contributed by atoms with Crippen LogP contribution in [-0.4, -0.2) is 23.3 Å². The summed E-state index contributed by atoms with van der Waals surface area (Å²) in [5.74, 6) is 1.68. The van der Waals surface area contributed by atoms with E-state index in [1.807, 2.05) is 36.4 Å². The van der Waals surface area contributed by atoms with Crippen LogP contribution in [0.1, 0.15) is 5.56 Å². The van der Waals surface area contributed by atoms with E-state index in [4.69, 9.17) is 13.9 Å². The minimum Gasteiger partial charge on any atom is -0.496 e.